The monoisotopic (exact) mass is 422 g/mol. The van der Waals surface area contributed by atoms with Crippen molar-refractivity contribution in [1.29, 1.82) is 0 Å². The number of hydrogen-bond acceptors (Lipinski definition) is 3. The van der Waals surface area contributed by atoms with Crippen molar-refractivity contribution in [1.82, 2.24) is 10.6 Å². The molecule has 7 heteroatoms. The van der Waals surface area contributed by atoms with Gasteiger partial charge in [-0.2, -0.15) is 0 Å². The number of rotatable bonds is 8. The largest absolute Gasteiger partial charge is 0.373 e. The van der Waals surface area contributed by atoms with Crippen molar-refractivity contribution in [3.63, 3.8) is 0 Å². The Labute approximate surface area is 175 Å². The van der Waals surface area contributed by atoms with Gasteiger partial charge in [0.1, 0.15) is 12.0 Å². The molecule has 2 aliphatic rings. The van der Waals surface area contributed by atoms with Gasteiger partial charge in [-0.05, 0) is 55.7 Å². The Morgan fingerprint density at radius 3 is 2.70 bits per heavy atom. The zero-order valence-electron chi connectivity index (χ0n) is 17.4. The van der Waals surface area contributed by atoms with E-state index >= 15 is 0 Å². The third-order valence-corrected chi connectivity index (χ3v) is 6.24. The average Bonchev–Trinajstić information content (AvgIpc) is 3.55. The number of hydrogen-bond donors (Lipinski definition) is 3. The van der Waals surface area contributed by atoms with Crippen molar-refractivity contribution < 1.29 is 23.1 Å². The normalized spacial score (nSPS) is 24.4. The molecule has 3 rings (SSSR count). The first-order chi connectivity index (χ1) is 14.3. The van der Waals surface area contributed by atoms with Crippen LogP contribution < -0.4 is 10.6 Å². The molecule has 30 heavy (non-hydrogen) atoms. The second kappa shape index (κ2) is 9.25. The van der Waals surface area contributed by atoms with E-state index in [1.165, 1.54) is 6.07 Å². The lowest BCUT2D eigenvalue weighted by Crippen LogP contribution is -2.47. The standard InChI is InChI=1S/C23H29F3N2O2/c1-23(15-8-9-15)12-11-19(28-22(23)30)16(5-3-4-6-20(29)27-2)14-7-10-17(21(25)26)18(24)13-14/h5,7,10-11,13,15,21-22,28,30H,3-4,6,8-9,12H2,1-2H3,(H,27,29)/b16-5+. The predicted octanol–water partition coefficient (Wildman–Crippen LogP) is 4.67. The molecule has 3 N–H and O–H groups in total. The van der Waals surface area contributed by atoms with Crippen LogP contribution >= 0.6 is 0 Å². The number of halogens is 3. The van der Waals surface area contributed by atoms with Crippen LogP contribution in [0.3, 0.4) is 0 Å². The Hall–Kier alpha value is -2.28. The SMILES string of the molecule is CNC(=O)CCC/C=C(/C1=CCC(C)(C2CC2)C(O)N1)c1ccc(C(F)F)c(F)c1. The average molecular weight is 422 g/mol. The Morgan fingerprint density at radius 1 is 1.40 bits per heavy atom. The summed E-state index contributed by atoms with van der Waals surface area (Å²) >= 11 is 0. The van der Waals surface area contributed by atoms with E-state index in [0.29, 0.717) is 48.4 Å². The van der Waals surface area contributed by atoms with Crippen LogP contribution in [0.4, 0.5) is 13.2 Å². The number of amides is 1. The minimum Gasteiger partial charge on any atom is -0.373 e. The van der Waals surface area contributed by atoms with Crippen LogP contribution in [0.5, 0.6) is 0 Å². The van der Waals surface area contributed by atoms with Crippen LogP contribution in [0, 0.1) is 17.2 Å². The first kappa shape index (κ1) is 22.4. The number of benzene rings is 1. The van der Waals surface area contributed by atoms with Crippen LogP contribution in [0.1, 0.15) is 63.0 Å². The third kappa shape index (κ3) is 4.89. The summed E-state index contributed by atoms with van der Waals surface area (Å²) in [5.74, 6) is -0.554. The molecule has 0 radical (unpaired) electrons. The fourth-order valence-corrected chi connectivity index (χ4v) is 4.01. The number of unbranched alkanes of at least 4 members (excludes halogenated alkanes) is 1. The van der Waals surface area contributed by atoms with Gasteiger partial charge in [-0.1, -0.05) is 25.1 Å². The van der Waals surface area contributed by atoms with E-state index in [9.17, 15) is 23.1 Å². The highest BCUT2D eigenvalue weighted by molar-refractivity contribution is 5.79. The summed E-state index contributed by atoms with van der Waals surface area (Å²) in [7, 11) is 1.58. The van der Waals surface area contributed by atoms with Gasteiger partial charge in [-0.15, -0.1) is 0 Å². The van der Waals surface area contributed by atoms with E-state index in [0.717, 1.165) is 25.0 Å². The van der Waals surface area contributed by atoms with Gasteiger partial charge in [0.25, 0.3) is 6.43 Å². The molecule has 1 aliphatic carbocycles. The zero-order valence-corrected chi connectivity index (χ0v) is 17.4. The lowest BCUT2D eigenvalue weighted by atomic mass is 9.76. The summed E-state index contributed by atoms with van der Waals surface area (Å²) in [6, 6.07) is 3.68. The van der Waals surface area contributed by atoms with Crippen molar-refractivity contribution in [2.45, 2.75) is 58.1 Å². The number of nitrogens with one attached hydrogen (secondary N) is 2. The second-order valence-electron chi connectivity index (χ2n) is 8.37. The lowest BCUT2D eigenvalue weighted by Gasteiger charge is -2.39. The van der Waals surface area contributed by atoms with Crippen molar-refractivity contribution >= 4 is 11.5 Å². The highest BCUT2D eigenvalue weighted by Crippen LogP contribution is 2.51. The molecule has 2 atom stereocenters. The Balaban J connectivity index is 1.87. The summed E-state index contributed by atoms with van der Waals surface area (Å²) in [6.07, 6.45) is 4.60. The molecule has 0 spiro atoms. The van der Waals surface area contributed by atoms with Crippen LogP contribution in [0.2, 0.25) is 0 Å². The molecule has 1 aliphatic heterocycles. The topological polar surface area (TPSA) is 61.4 Å². The maximum absolute atomic E-state index is 14.2. The maximum atomic E-state index is 14.2. The van der Waals surface area contributed by atoms with Crippen molar-refractivity contribution in [2.24, 2.45) is 11.3 Å². The highest BCUT2D eigenvalue weighted by Gasteiger charge is 2.47. The van der Waals surface area contributed by atoms with Gasteiger partial charge < -0.3 is 15.7 Å². The molecule has 0 saturated heterocycles. The molecule has 1 saturated carbocycles. The van der Waals surface area contributed by atoms with Gasteiger partial charge in [0.2, 0.25) is 5.91 Å². The number of aliphatic hydroxyl groups is 1. The summed E-state index contributed by atoms with van der Waals surface area (Å²) in [4.78, 5) is 11.4. The Morgan fingerprint density at radius 2 is 2.13 bits per heavy atom. The lowest BCUT2D eigenvalue weighted by molar-refractivity contribution is -0.120. The van der Waals surface area contributed by atoms with Gasteiger partial charge >= 0.3 is 0 Å². The Kier molecular flexibility index (Phi) is 6.91. The van der Waals surface area contributed by atoms with Crippen LogP contribution in [-0.2, 0) is 4.79 Å². The highest BCUT2D eigenvalue weighted by atomic mass is 19.3. The predicted molar refractivity (Wildman–Crippen MR) is 110 cm³/mol. The summed E-state index contributed by atoms with van der Waals surface area (Å²) < 4.78 is 40.1. The summed E-state index contributed by atoms with van der Waals surface area (Å²) in [5.41, 5.74) is 0.870. The molecule has 1 amide bonds. The number of carbonyl (C=O) groups is 1. The van der Waals surface area contributed by atoms with Crippen molar-refractivity contribution in [3.05, 3.63) is 53.0 Å². The van der Waals surface area contributed by atoms with Gasteiger partial charge in [0.05, 0.1) is 5.56 Å². The van der Waals surface area contributed by atoms with E-state index in [4.69, 9.17) is 0 Å². The first-order valence-electron chi connectivity index (χ1n) is 10.4. The molecule has 2 unspecified atom stereocenters. The van der Waals surface area contributed by atoms with E-state index in [-0.39, 0.29) is 11.3 Å². The van der Waals surface area contributed by atoms with Gasteiger partial charge in [0, 0.05) is 30.2 Å². The maximum Gasteiger partial charge on any atom is 0.266 e. The third-order valence-electron chi connectivity index (χ3n) is 6.24. The van der Waals surface area contributed by atoms with Gasteiger partial charge in [0.15, 0.2) is 0 Å². The van der Waals surface area contributed by atoms with E-state index in [1.54, 1.807) is 7.05 Å². The molecular weight excluding hydrogens is 393 g/mol. The van der Waals surface area contributed by atoms with Crippen LogP contribution in [-0.4, -0.2) is 24.3 Å². The molecule has 0 aromatic heterocycles. The molecule has 4 nitrogen and oxygen atoms in total. The molecule has 0 bridgehead atoms. The van der Waals surface area contributed by atoms with Gasteiger partial charge in [-0.3, -0.25) is 4.79 Å². The number of allylic oxidation sites excluding steroid dienone is 3. The van der Waals surface area contributed by atoms with Crippen molar-refractivity contribution in [3.8, 4) is 0 Å². The number of alkyl halides is 2. The molecule has 1 fully saturated rings. The molecule has 1 heterocycles. The number of carbonyl (C=O) groups excluding carboxylic acids is 1. The minimum absolute atomic E-state index is 0.0668. The van der Waals surface area contributed by atoms with Crippen LogP contribution in [0.15, 0.2) is 36.0 Å². The van der Waals surface area contributed by atoms with Gasteiger partial charge in [-0.25, -0.2) is 13.2 Å². The second-order valence-corrected chi connectivity index (χ2v) is 8.37. The Bertz CT molecular complexity index is 849. The molecule has 164 valence electrons. The summed E-state index contributed by atoms with van der Waals surface area (Å²) in [6.45, 7) is 2.06. The molecule has 1 aromatic carbocycles. The number of aliphatic hydroxyl groups excluding tert-OH is 1. The van der Waals surface area contributed by atoms with Crippen LogP contribution in [0.25, 0.3) is 5.57 Å². The van der Waals surface area contributed by atoms with E-state index < -0.39 is 24.0 Å². The molecular formula is C23H29F3N2O2. The molecule has 1 aromatic rings. The summed E-state index contributed by atoms with van der Waals surface area (Å²) in [5, 5.41) is 16.5. The fraction of sp³-hybridized carbons (Fsp3) is 0.522. The first-order valence-corrected chi connectivity index (χ1v) is 10.4. The quantitative estimate of drug-likeness (QED) is 0.534. The van der Waals surface area contributed by atoms with Crippen molar-refractivity contribution in [2.75, 3.05) is 7.05 Å². The zero-order chi connectivity index (χ0) is 21.9. The van der Waals surface area contributed by atoms with E-state index in [2.05, 4.69) is 17.6 Å². The fourth-order valence-electron chi connectivity index (χ4n) is 4.01. The minimum atomic E-state index is -2.88. The smallest absolute Gasteiger partial charge is 0.266 e. The van der Waals surface area contributed by atoms with E-state index in [1.807, 2.05) is 12.2 Å².